The zero-order valence-electron chi connectivity index (χ0n) is 12.7. The molecule has 0 atom stereocenters. The lowest BCUT2D eigenvalue weighted by atomic mass is 10.1. The lowest BCUT2D eigenvalue weighted by Crippen LogP contribution is -2.33. The molecule has 0 radical (unpaired) electrons. The second kappa shape index (κ2) is 7.06. The smallest absolute Gasteiger partial charge is 0.407 e. The molecule has 1 N–H and O–H groups in total. The zero-order valence-corrected chi connectivity index (χ0v) is 12.7. The highest BCUT2D eigenvalue weighted by Gasteiger charge is 2.15. The van der Waals surface area contributed by atoms with Crippen molar-refractivity contribution < 1.29 is 23.5 Å². The summed E-state index contributed by atoms with van der Waals surface area (Å²) < 4.78 is 23.0. The monoisotopic (exact) mass is 297 g/mol. The number of benzene rings is 1. The molecule has 0 spiro atoms. The third kappa shape index (κ3) is 6.25. The van der Waals surface area contributed by atoms with Crippen LogP contribution >= 0.6 is 0 Å². The fourth-order valence-electron chi connectivity index (χ4n) is 1.65. The van der Waals surface area contributed by atoms with Crippen LogP contribution in [0.2, 0.25) is 0 Å². The Kier molecular flexibility index (Phi) is 5.69. The molecular weight excluding hydrogens is 277 g/mol. The van der Waals surface area contributed by atoms with E-state index in [2.05, 4.69) is 10.1 Å². The summed E-state index contributed by atoms with van der Waals surface area (Å²) in [4.78, 5) is 22.8. The van der Waals surface area contributed by atoms with Gasteiger partial charge in [0.1, 0.15) is 11.4 Å². The van der Waals surface area contributed by atoms with Crippen molar-refractivity contribution in [1.29, 1.82) is 0 Å². The Morgan fingerprint density at radius 3 is 2.48 bits per heavy atom. The number of nitrogens with one attached hydrogen (secondary N) is 1. The average molecular weight is 297 g/mol. The Hall–Kier alpha value is -2.11. The summed E-state index contributed by atoms with van der Waals surface area (Å²) in [6.45, 7) is 5.57. The maximum atomic E-state index is 13.4. The molecule has 0 aliphatic carbocycles. The van der Waals surface area contributed by atoms with E-state index in [9.17, 15) is 14.0 Å². The molecule has 0 heterocycles. The van der Waals surface area contributed by atoms with E-state index in [1.54, 1.807) is 20.8 Å². The van der Waals surface area contributed by atoms with Gasteiger partial charge in [-0.15, -0.1) is 0 Å². The fourth-order valence-corrected chi connectivity index (χ4v) is 1.65. The maximum Gasteiger partial charge on any atom is 0.407 e. The summed E-state index contributed by atoms with van der Waals surface area (Å²) in [5.41, 5.74) is 0.164. The van der Waals surface area contributed by atoms with Gasteiger partial charge in [-0.1, -0.05) is 0 Å². The molecule has 6 heteroatoms. The van der Waals surface area contributed by atoms with Crippen molar-refractivity contribution in [2.75, 3.05) is 13.7 Å². The molecule has 0 saturated carbocycles. The number of carbonyl (C=O) groups is 2. The molecule has 5 nitrogen and oxygen atoms in total. The largest absolute Gasteiger partial charge is 0.465 e. The Morgan fingerprint density at radius 2 is 1.90 bits per heavy atom. The first-order chi connectivity index (χ1) is 9.71. The van der Waals surface area contributed by atoms with E-state index in [4.69, 9.17) is 4.74 Å². The molecule has 1 aromatic rings. The molecule has 21 heavy (non-hydrogen) atoms. The van der Waals surface area contributed by atoms with Gasteiger partial charge in [-0.3, -0.25) is 0 Å². The van der Waals surface area contributed by atoms with Crippen molar-refractivity contribution in [3.05, 3.63) is 35.1 Å². The van der Waals surface area contributed by atoms with Crippen LogP contribution in [-0.4, -0.2) is 31.3 Å². The molecule has 0 bridgehead atoms. The van der Waals surface area contributed by atoms with Gasteiger partial charge in [-0.2, -0.15) is 0 Å². The second-order valence-corrected chi connectivity index (χ2v) is 5.52. The summed E-state index contributed by atoms with van der Waals surface area (Å²) in [7, 11) is 1.23. The van der Waals surface area contributed by atoms with Gasteiger partial charge in [0.05, 0.1) is 12.7 Å². The summed E-state index contributed by atoms with van der Waals surface area (Å²) in [5, 5.41) is 2.57. The number of alkyl carbamates (subject to hydrolysis) is 1. The first-order valence-corrected chi connectivity index (χ1v) is 6.56. The lowest BCUT2D eigenvalue weighted by Gasteiger charge is -2.19. The zero-order chi connectivity index (χ0) is 16.0. The lowest BCUT2D eigenvalue weighted by molar-refractivity contribution is 0.0526. The van der Waals surface area contributed by atoms with E-state index in [0.29, 0.717) is 12.0 Å². The van der Waals surface area contributed by atoms with E-state index < -0.39 is 23.5 Å². The Labute approximate surface area is 123 Å². The van der Waals surface area contributed by atoms with Gasteiger partial charge in [0, 0.05) is 6.54 Å². The van der Waals surface area contributed by atoms with Crippen LogP contribution in [0.25, 0.3) is 0 Å². The van der Waals surface area contributed by atoms with Crippen LogP contribution in [0.5, 0.6) is 0 Å². The highest BCUT2D eigenvalue weighted by molar-refractivity contribution is 5.89. The first kappa shape index (κ1) is 16.9. The predicted molar refractivity (Wildman–Crippen MR) is 75.7 cm³/mol. The van der Waals surface area contributed by atoms with Crippen LogP contribution in [0.15, 0.2) is 18.2 Å². The van der Waals surface area contributed by atoms with Gasteiger partial charge in [-0.05, 0) is 51.0 Å². The quantitative estimate of drug-likeness (QED) is 0.868. The van der Waals surface area contributed by atoms with Crippen LogP contribution in [0.1, 0.15) is 36.7 Å². The van der Waals surface area contributed by atoms with E-state index in [-0.39, 0.29) is 12.1 Å². The number of esters is 1. The summed E-state index contributed by atoms with van der Waals surface area (Å²) >= 11 is 0. The summed E-state index contributed by atoms with van der Waals surface area (Å²) in [5.74, 6) is -1.12. The highest BCUT2D eigenvalue weighted by atomic mass is 19.1. The van der Waals surface area contributed by atoms with E-state index in [1.807, 2.05) is 0 Å². The minimum absolute atomic E-state index is 0.143. The number of rotatable bonds is 4. The van der Waals surface area contributed by atoms with Crippen LogP contribution in [0, 0.1) is 5.82 Å². The van der Waals surface area contributed by atoms with E-state index in [0.717, 1.165) is 6.07 Å². The molecule has 0 saturated heterocycles. The van der Waals surface area contributed by atoms with Crippen LogP contribution in [-0.2, 0) is 15.9 Å². The molecule has 0 unspecified atom stereocenters. The Bertz CT molecular complexity index is 523. The van der Waals surface area contributed by atoms with Crippen molar-refractivity contribution >= 4 is 12.1 Å². The molecule has 0 aliphatic heterocycles. The standard InChI is InChI=1S/C15H20FNO4/c1-15(2,3)21-14(19)17-6-5-10-7-11(13(18)20-4)9-12(16)8-10/h7-9H,5-6H2,1-4H3,(H,17,19). The van der Waals surface area contributed by atoms with Gasteiger partial charge in [0.15, 0.2) is 0 Å². The number of amides is 1. The minimum Gasteiger partial charge on any atom is -0.465 e. The van der Waals surface area contributed by atoms with Crippen molar-refractivity contribution in [2.45, 2.75) is 32.8 Å². The number of hydrogen-bond acceptors (Lipinski definition) is 4. The fraction of sp³-hybridized carbons (Fsp3) is 0.467. The van der Waals surface area contributed by atoms with Crippen molar-refractivity contribution in [3.8, 4) is 0 Å². The molecule has 116 valence electrons. The van der Waals surface area contributed by atoms with Gasteiger partial charge >= 0.3 is 12.1 Å². The van der Waals surface area contributed by atoms with Crippen LogP contribution < -0.4 is 5.32 Å². The Balaban J connectivity index is 2.58. The molecule has 1 rings (SSSR count). The summed E-state index contributed by atoms with van der Waals surface area (Å²) in [6, 6.07) is 3.95. The first-order valence-electron chi connectivity index (χ1n) is 6.56. The predicted octanol–water partition coefficient (Wildman–Crippen LogP) is 2.68. The SMILES string of the molecule is COC(=O)c1cc(F)cc(CCNC(=O)OC(C)(C)C)c1. The minimum atomic E-state index is -0.601. The topological polar surface area (TPSA) is 64.6 Å². The third-order valence-electron chi connectivity index (χ3n) is 2.46. The van der Waals surface area contributed by atoms with Gasteiger partial charge < -0.3 is 14.8 Å². The van der Waals surface area contributed by atoms with E-state index >= 15 is 0 Å². The van der Waals surface area contributed by atoms with Gasteiger partial charge in [-0.25, -0.2) is 14.0 Å². The normalized spacial score (nSPS) is 10.9. The molecule has 0 aromatic heterocycles. The average Bonchev–Trinajstić information content (AvgIpc) is 2.35. The number of hydrogen-bond donors (Lipinski definition) is 1. The summed E-state index contributed by atoms with van der Waals surface area (Å²) in [6.07, 6.45) is -0.159. The molecular formula is C15H20FNO4. The second-order valence-electron chi connectivity index (χ2n) is 5.52. The molecule has 0 fully saturated rings. The third-order valence-corrected chi connectivity index (χ3v) is 2.46. The number of ether oxygens (including phenoxy) is 2. The Morgan fingerprint density at radius 1 is 1.24 bits per heavy atom. The van der Waals surface area contributed by atoms with Crippen molar-refractivity contribution in [2.24, 2.45) is 0 Å². The molecule has 1 aromatic carbocycles. The van der Waals surface area contributed by atoms with Crippen molar-refractivity contribution in [3.63, 3.8) is 0 Å². The van der Waals surface area contributed by atoms with Crippen LogP contribution in [0.3, 0.4) is 0 Å². The van der Waals surface area contributed by atoms with Crippen molar-refractivity contribution in [1.82, 2.24) is 5.32 Å². The number of methoxy groups -OCH3 is 1. The van der Waals surface area contributed by atoms with E-state index in [1.165, 1.54) is 19.2 Å². The van der Waals surface area contributed by atoms with Gasteiger partial charge in [0.25, 0.3) is 0 Å². The number of halogens is 1. The number of carbonyl (C=O) groups excluding carboxylic acids is 2. The van der Waals surface area contributed by atoms with Crippen LogP contribution in [0.4, 0.5) is 9.18 Å². The maximum absolute atomic E-state index is 13.4. The molecule has 0 aliphatic rings. The highest BCUT2D eigenvalue weighted by Crippen LogP contribution is 2.11. The molecule has 1 amide bonds. The van der Waals surface area contributed by atoms with Gasteiger partial charge in [0.2, 0.25) is 0 Å².